The van der Waals surface area contributed by atoms with E-state index < -0.39 is 5.97 Å². The number of hydrogen-bond acceptors (Lipinski definition) is 3. The van der Waals surface area contributed by atoms with Gasteiger partial charge in [-0.3, -0.25) is 0 Å². The van der Waals surface area contributed by atoms with Gasteiger partial charge in [0, 0.05) is 27.5 Å². The van der Waals surface area contributed by atoms with E-state index in [9.17, 15) is 4.79 Å². The molecular weight excluding hydrogens is 525 g/mol. The third kappa shape index (κ3) is 3.98. The number of carbonyl (C=O) groups is 1. The van der Waals surface area contributed by atoms with Crippen molar-refractivity contribution in [3.63, 3.8) is 0 Å². The molecule has 6 heteroatoms. The van der Waals surface area contributed by atoms with Crippen LogP contribution in [0.1, 0.15) is 43.2 Å². The van der Waals surface area contributed by atoms with E-state index in [-0.39, 0.29) is 22.3 Å². The predicted molar refractivity (Wildman–Crippen MR) is 150 cm³/mol. The number of anilines is 2. The van der Waals surface area contributed by atoms with Crippen LogP contribution in [0.15, 0.2) is 66.2 Å². The quantitative estimate of drug-likeness (QED) is 0.241. The maximum absolute atomic E-state index is 13.2. The molecule has 3 aromatic carbocycles. The lowest BCUT2D eigenvalue weighted by molar-refractivity contribution is -0.132. The van der Waals surface area contributed by atoms with Crippen molar-refractivity contribution >= 4 is 57.7 Å². The van der Waals surface area contributed by atoms with Crippen LogP contribution in [0, 0.1) is 23.7 Å². The monoisotopic (exact) mass is 549 g/mol. The van der Waals surface area contributed by atoms with Crippen LogP contribution in [-0.4, -0.2) is 12.5 Å². The zero-order chi connectivity index (χ0) is 25.3. The van der Waals surface area contributed by atoms with Crippen molar-refractivity contribution in [3.8, 4) is 5.75 Å². The lowest BCUT2D eigenvalue weighted by Crippen LogP contribution is -2.41. The van der Waals surface area contributed by atoms with Crippen LogP contribution in [0.2, 0.25) is 15.1 Å². The first-order chi connectivity index (χ1) is 18.0. The Bertz CT molecular complexity index is 1360. The molecule has 1 heterocycles. The van der Waals surface area contributed by atoms with Crippen molar-refractivity contribution in [1.29, 1.82) is 0 Å². The fourth-order valence-electron chi connectivity index (χ4n) is 7.60. The van der Waals surface area contributed by atoms with Gasteiger partial charge in [0.15, 0.2) is 5.75 Å². The van der Waals surface area contributed by atoms with Crippen molar-refractivity contribution in [2.75, 3.05) is 11.4 Å². The Morgan fingerprint density at radius 1 is 0.784 bits per heavy atom. The van der Waals surface area contributed by atoms with Gasteiger partial charge in [-0.25, -0.2) is 4.79 Å². The summed E-state index contributed by atoms with van der Waals surface area (Å²) in [7, 11) is 0. The molecule has 0 unspecified atom stereocenters. The lowest BCUT2D eigenvalue weighted by atomic mass is 9.53. The Balaban J connectivity index is 1.30. The Kier molecular flexibility index (Phi) is 5.80. The largest absolute Gasteiger partial charge is 0.422 e. The average Bonchev–Trinajstić information content (AvgIpc) is 2.87. The topological polar surface area (TPSA) is 29.5 Å². The molecule has 4 aliphatic carbocycles. The smallest absolute Gasteiger partial charge is 0.331 e. The summed E-state index contributed by atoms with van der Waals surface area (Å²) in [5.74, 6) is 2.85. The van der Waals surface area contributed by atoms with E-state index in [0.717, 1.165) is 23.2 Å². The molecule has 0 atom stereocenters. The molecule has 4 fully saturated rings. The first kappa shape index (κ1) is 23.6. The van der Waals surface area contributed by atoms with Crippen LogP contribution < -0.4 is 9.64 Å². The van der Waals surface area contributed by atoms with Crippen LogP contribution in [0.3, 0.4) is 0 Å². The van der Waals surface area contributed by atoms with E-state index in [1.165, 1.54) is 60.9 Å². The molecule has 3 aromatic rings. The number of halogens is 3. The van der Waals surface area contributed by atoms with Crippen LogP contribution in [-0.2, 0) is 4.79 Å². The number of allylic oxidation sites excluding steroid dienone is 1. The van der Waals surface area contributed by atoms with Gasteiger partial charge >= 0.3 is 5.97 Å². The minimum atomic E-state index is -0.443. The number of rotatable bonds is 3. The van der Waals surface area contributed by atoms with Gasteiger partial charge in [0.05, 0.1) is 10.0 Å². The third-order valence-electron chi connectivity index (χ3n) is 8.70. The molecule has 188 valence electrons. The number of carbonyl (C=O) groups excluding carboxylic acids is 1. The molecule has 0 saturated heterocycles. The molecule has 0 aromatic heterocycles. The summed E-state index contributed by atoms with van der Waals surface area (Å²) in [4.78, 5) is 15.3. The minimum absolute atomic E-state index is 0.0307. The van der Waals surface area contributed by atoms with Gasteiger partial charge in [0.2, 0.25) is 0 Å². The van der Waals surface area contributed by atoms with Gasteiger partial charge in [-0.2, -0.15) is 0 Å². The maximum atomic E-state index is 13.2. The number of benzene rings is 3. The van der Waals surface area contributed by atoms with E-state index in [4.69, 9.17) is 39.5 Å². The molecule has 1 aliphatic heterocycles. The van der Waals surface area contributed by atoms with Crippen LogP contribution in [0.4, 0.5) is 11.4 Å². The van der Waals surface area contributed by atoms with Gasteiger partial charge in [0.1, 0.15) is 6.54 Å². The van der Waals surface area contributed by atoms with Crippen molar-refractivity contribution < 1.29 is 9.53 Å². The maximum Gasteiger partial charge on any atom is 0.331 e. The predicted octanol–water partition coefficient (Wildman–Crippen LogP) is 8.96. The highest BCUT2D eigenvalue weighted by atomic mass is 35.5. The van der Waals surface area contributed by atoms with Gasteiger partial charge in [-0.15, -0.1) is 0 Å². The van der Waals surface area contributed by atoms with Gasteiger partial charge in [-0.1, -0.05) is 76.8 Å². The summed E-state index contributed by atoms with van der Waals surface area (Å²) in [5, 5.41) is 0.803. The van der Waals surface area contributed by atoms with Crippen LogP contribution >= 0.6 is 34.8 Å². The van der Waals surface area contributed by atoms with Crippen LogP contribution in [0.25, 0.3) is 5.57 Å². The molecular formula is C31H26Cl3NO2. The Morgan fingerprint density at radius 2 is 1.30 bits per heavy atom. The Morgan fingerprint density at radius 3 is 1.84 bits per heavy atom. The molecule has 0 N–H and O–H groups in total. The first-order valence-electron chi connectivity index (χ1n) is 13.0. The van der Waals surface area contributed by atoms with E-state index in [2.05, 4.69) is 41.3 Å². The van der Waals surface area contributed by atoms with Gasteiger partial charge in [-0.05, 0) is 85.6 Å². The summed E-state index contributed by atoms with van der Waals surface area (Å²) < 4.78 is 5.67. The minimum Gasteiger partial charge on any atom is -0.422 e. The lowest BCUT2D eigenvalue weighted by Gasteiger charge is -2.53. The molecule has 4 bridgehead atoms. The van der Waals surface area contributed by atoms with Crippen molar-refractivity contribution in [1.82, 2.24) is 0 Å². The molecule has 37 heavy (non-hydrogen) atoms. The third-order valence-corrected chi connectivity index (χ3v) is 9.48. The summed E-state index contributed by atoms with van der Waals surface area (Å²) in [6, 6.07) is 20.0. The number of ether oxygens (including phenoxy) is 1. The summed E-state index contributed by atoms with van der Waals surface area (Å²) in [5.41, 5.74) is 7.53. The molecule has 4 saturated carbocycles. The van der Waals surface area contributed by atoms with E-state index in [0.29, 0.717) is 16.9 Å². The highest BCUT2D eigenvalue weighted by Crippen LogP contribution is 2.60. The number of fused-ring (bicyclic) bond motifs is 2. The van der Waals surface area contributed by atoms with Crippen molar-refractivity contribution in [2.45, 2.75) is 32.1 Å². The first-order valence-corrected chi connectivity index (χ1v) is 14.1. The Labute approximate surface area is 232 Å². The molecule has 0 spiro atoms. The number of hydrogen-bond donors (Lipinski definition) is 0. The van der Waals surface area contributed by atoms with E-state index in [1.807, 2.05) is 12.1 Å². The fourth-order valence-corrected chi connectivity index (χ4v) is 8.49. The molecule has 0 radical (unpaired) electrons. The van der Waals surface area contributed by atoms with Crippen LogP contribution in [0.5, 0.6) is 5.75 Å². The molecule has 3 nitrogen and oxygen atoms in total. The second-order valence-corrected chi connectivity index (χ2v) is 12.2. The SMILES string of the molecule is O=C(CN1c2ccccc2C(=C2C3CC4CC(C3)CC2C4)c2ccccc21)Oc1c(Cl)cc(Cl)cc1Cl. The molecule has 5 aliphatic rings. The fraction of sp³-hybridized carbons (Fsp3) is 0.323. The standard InChI is InChI=1S/C31H26Cl3NO2/c32-21-14-24(33)31(25(34)15-21)37-28(36)16-35-26-7-3-1-5-22(26)30(23-6-2-4-8-27(23)35)29-19-10-17-9-18(12-19)13-20(29)11-17/h1-8,14-15,17-20H,9-13,16H2. The number of esters is 1. The number of para-hydroxylation sites is 2. The molecule has 8 rings (SSSR count). The second-order valence-electron chi connectivity index (χ2n) is 10.9. The summed E-state index contributed by atoms with van der Waals surface area (Å²) in [6.45, 7) is 0.0307. The highest BCUT2D eigenvalue weighted by molar-refractivity contribution is 6.40. The highest BCUT2D eigenvalue weighted by Gasteiger charge is 2.47. The Hall–Kier alpha value is -2.46. The average molecular weight is 551 g/mol. The van der Waals surface area contributed by atoms with E-state index in [1.54, 1.807) is 5.57 Å². The zero-order valence-corrected chi connectivity index (χ0v) is 22.5. The van der Waals surface area contributed by atoms with Gasteiger partial charge < -0.3 is 9.64 Å². The second kappa shape index (κ2) is 9.08. The summed E-state index contributed by atoms with van der Waals surface area (Å²) >= 11 is 18.6. The normalized spacial score (nSPS) is 25.2. The van der Waals surface area contributed by atoms with Gasteiger partial charge in [0.25, 0.3) is 0 Å². The summed E-state index contributed by atoms with van der Waals surface area (Å²) in [6.07, 6.45) is 6.74. The molecule has 0 amide bonds. The van der Waals surface area contributed by atoms with E-state index >= 15 is 0 Å². The number of nitrogens with zero attached hydrogens (tertiary/aromatic N) is 1. The van der Waals surface area contributed by atoms with Crippen molar-refractivity contribution in [3.05, 3.63) is 92.4 Å². The van der Waals surface area contributed by atoms with Crippen molar-refractivity contribution in [2.24, 2.45) is 23.7 Å². The zero-order valence-electron chi connectivity index (χ0n) is 20.2.